The van der Waals surface area contributed by atoms with Crippen LogP contribution < -0.4 is 5.32 Å². The molecule has 1 aromatic rings. The van der Waals surface area contributed by atoms with Gasteiger partial charge in [0.25, 0.3) is 0 Å². The van der Waals surface area contributed by atoms with Crippen LogP contribution in [-0.2, 0) is 9.47 Å². The summed E-state index contributed by atoms with van der Waals surface area (Å²) in [6.45, 7) is 4.24. The molecule has 0 spiro atoms. The van der Waals surface area contributed by atoms with Crippen LogP contribution in [0.25, 0.3) is 0 Å². The maximum Gasteiger partial charge on any atom is 0.127 e. The molecule has 4 heteroatoms. The van der Waals surface area contributed by atoms with E-state index in [0.29, 0.717) is 0 Å². The van der Waals surface area contributed by atoms with Gasteiger partial charge in [0.1, 0.15) is 5.82 Å². The minimum Gasteiger partial charge on any atom is -0.381 e. The van der Waals surface area contributed by atoms with Crippen LogP contribution in [0.1, 0.15) is 37.8 Å². The summed E-state index contributed by atoms with van der Waals surface area (Å²) in [5, 5.41) is 3.47. The maximum absolute atomic E-state index is 13.9. The van der Waals surface area contributed by atoms with Crippen LogP contribution in [0.2, 0.25) is 0 Å². The van der Waals surface area contributed by atoms with Gasteiger partial charge in [-0.2, -0.15) is 0 Å². The van der Waals surface area contributed by atoms with E-state index in [1.165, 1.54) is 6.07 Å². The van der Waals surface area contributed by atoms with Gasteiger partial charge in [-0.1, -0.05) is 25.1 Å². The van der Waals surface area contributed by atoms with Gasteiger partial charge in [-0.3, -0.25) is 0 Å². The first kappa shape index (κ1) is 15.4. The topological polar surface area (TPSA) is 30.5 Å². The SMILES string of the molecule is CCC(NCC1(OC)CCOCC1)c1ccccc1F. The van der Waals surface area contributed by atoms with Gasteiger partial charge in [0, 0.05) is 51.3 Å². The molecular formula is C16H24FNO2. The van der Waals surface area contributed by atoms with Crippen LogP contribution in [0.3, 0.4) is 0 Å². The van der Waals surface area contributed by atoms with Gasteiger partial charge < -0.3 is 14.8 Å². The predicted molar refractivity (Wildman–Crippen MR) is 77.2 cm³/mol. The Hall–Kier alpha value is -0.970. The minimum absolute atomic E-state index is 0.0195. The summed E-state index contributed by atoms with van der Waals surface area (Å²) in [4.78, 5) is 0. The molecule has 0 radical (unpaired) electrons. The first-order valence-electron chi connectivity index (χ1n) is 7.31. The highest BCUT2D eigenvalue weighted by molar-refractivity contribution is 5.21. The number of nitrogens with one attached hydrogen (secondary N) is 1. The van der Waals surface area contributed by atoms with E-state index < -0.39 is 0 Å². The Labute approximate surface area is 120 Å². The van der Waals surface area contributed by atoms with E-state index in [0.717, 1.165) is 44.6 Å². The number of hydrogen-bond donors (Lipinski definition) is 1. The Bertz CT molecular complexity index is 419. The fourth-order valence-electron chi connectivity index (χ4n) is 2.74. The molecule has 1 N–H and O–H groups in total. The number of hydrogen-bond acceptors (Lipinski definition) is 3. The molecule has 1 unspecified atom stereocenters. The Morgan fingerprint density at radius 1 is 1.35 bits per heavy atom. The van der Waals surface area contributed by atoms with Gasteiger partial charge in [-0.15, -0.1) is 0 Å². The Morgan fingerprint density at radius 3 is 2.65 bits per heavy atom. The van der Waals surface area contributed by atoms with Crippen molar-refractivity contribution in [1.82, 2.24) is 5.32 Å². The summed E-state index contributed by atoms with van der Waals surface area (Å²) in [6, 6.07) is 6.98. The molecule has 1 saturated heterocycles. The third-order valence-electron chi connectivity index (χ3n) is 4.20. The quantitative estimate of drug-likeness (QED) is 0.869. The molecule has 0 saturated carbocycles. The molecule has 0 bridgehead atoms. The third-order valence-corrected chi connectivity index (χ3v) is 4.20. The van der Waals surface area contributed by atoms with E-state index in [2.05, 4.69) is 12.2 Å². The van der Waals surface area contributed by atoms with Gasteiger partial charge in [-0.05, 0) is 12.5 Å². The zero-order chi connectivity index (χ0) is 14.4. The second-order valence-electron chi connectivity index (χ2n) is 5.36. The first-order chi connectivity index (χ1) is 9.71. The molecule has 1 fully saturated rings. The minimum atomic E-state index is -0.184. The number of benzene rings is 1. The first-order valence-corrected chi connectivity index (χ1v) is 7.31. The zero-order valence-corrected chi connectivity index (χ0v) is 12.3. The summed E-state index contributed by atoms with van der Waals surface area (Å²) in [6.07, 6.45) is 2.60. The van der Waals surface area contributed by atoms with Crippen molar-refractivity contribution in [3.63, 3.8) is 0 Å². The smallest absolute Gasteiger partial charge is 0.127 e. The molecule has 2 rings (SSSR count). The lowest BCUT2D eigenvalue weighted by Gasteiger charge is -2.37. The maximum atomic E-state index is 13.9. The van der Waals surface area contributed by atoms with Gasteiger partial charge in [0.15, 0.2) is 0 Å². The lowest BCUT2D eigenvalue weighted by Crippen LogP contribution is -2.47. The van der Waals surface area contributed by atoms with E-state index in [9.17, 15) is 4.39 Å². The van der Waals surface area contributed by atoms with Crippen LogP contribution in [0.15, 0.2) is 24.3 Å². The van der Waals surface area contributed by atoms with Crippen molar-refractivity contribution in [1.29, 1.82) is 0 Å². The molecule has 1 aromatic carbocycles. The zero-order valence-electron chi connectivity index (χ0n) is 12.3. The summed E-state index contributed by atoms with van der Waals surface area (Å²) >= 11 is 0. The lowest BCUT2D eigenvalue weighted by atomic mass is 9.93. The van der Waals surface area contributed by atoms with Crippen molar-refractivity contribution in [3.05, 3.63) is 35.6 Å². The van der Waals surface area contributed by atoms with Crippen molar-refractivity contribution in [2.24, 2.45) is 0 Å². The Kier molecular flexibility index (Phi) is 5.52. The van der Waals surface area contributed by atoms with Crippen molar-refractivity contribution in [3.8, 4) is 0 Å². The van der Waals surface area contributed by atoms with Crippen LogP contribution in [0, 0.1) is 5.82 Å². The monoisotopic (exact) mass is 281 g/mol. The van der Waals surface area contributed by atoms with Crippen LogP contribution in [-0.4, -0.2) is 32.5 Å². The molecule has 0 amide bonds. The van der Waals surface area contributed by atoms with Crippen molar-refractivity contribution < 1.29 is 13.9 Å². The number of rotatable bonds is 6. The highest BCUT2D eigenvalue weighted by Gasteiger charge is 2.33. The fraction of sp³-hybridized carbons (Fsp3) is 0.625. The Balaban J connectivity index is 2.01. The highest BCUT2D eigenvalue weighted by Crippen LogP contribution is 2.26. The molecule has 1 aliphatic rings. The molecule has 3 nitrogen and oxygen atoms in total. The van der Waals surface area contributed by atoms with E-state index in [4.69, 9.17) is 9.47 Å². The van der Waals surface area contributed by atoms with Crippen molar-refractivity contribution in [2.45, 2.75) is 37.8 Å². The second kappa shape index (κ2) is 7.16. The number of ether oxygens (including phenoxy) is 2. The fourth-order valence-corrected chi connectivity index (χ4v) is 2.74. The largest absolute Gasteiger partial charge is 0.381 e. The standard InChI is InChI=1S/C16H24FNO2/c1-3-15(13-6-4-5-7-14(13)17)18-12-16(19-2)8-10-20-11-9-16/h4-7,15,18H,3,8-12H2,1-2H3. The molecule has 0 aliphatic carbocycles. The van der Waals surface area contributed by atoms with E-state index in [1.54, 1.807) is 13.2 Å². The van der Waals surface area contributed by atoms with E-state index in [1.807, 2.05) is 12.1 Å². The second-order valence-corrected chi connectivity index (χ2v) is 5.36. The molecule has 20 heavy (non-hydrogen) atoms. The molecule has 1 aliphatic heterocycles. The average Bonchev–Trinajstić information content (AvgIpc) is 2.50. The Morgan fingerprint density at radius 2 is 2.05 bits per heavy atom. The summed E-state index contributed by atoms with van der Waals surface area (Å²) in [5.41, 5.74) is 0.546. The lowest BCUT2D eigenvalue weighted by molar-refractivity contribution is -0.0887. The number of methoxy groups -OCH3 is 1. The summed E-state index contributed by atoms with van der Waals surface area (Å²) < 4.78 is 25.0. The highest BCUT2D eigenvalue weighted by atomic mass is 19.1. The van der Waals surface area contributed by atoms with Gasteiger partial charge in [0.05, 0.1) is 5.60 Å². The molecule has 112 valence electrons. The summed E-state index contributed by atoms with van der Waals surface area (Å²) in [7, 11) is 1.75. The normalized spacial score (nSPS) is 19.8. The summed E-state index contributed by atoms with van der Waals surface area (Å²) in [5.74, 6) is -0.148. The van der Waals surface area contributed by atoms with Crippen LogP contribution in [0.5, 0.6) is 0 Å². The van der Waals surface area contributed by atoms with Crippen LogP contribution >= 0.6 is 0 Å². The average molecular weight is 281 g/mol. The van der Waals surface area contributed by atoms with Gasteiger partial charge >= 0.3 is 0 Å². The van der Waals surface area contributed by atoms with Crippen molar-refractivity contribution in [2.75, 3.05) is 26.9 Å². The van der Waals surface area contributed by atoms with Crippen molar-refractivity contribution >= 4 is 0 Å². The predicted octanol–water partition coefficient (Wildman–Crippen LogP) is 3.06. The van der Waals surface area contributed by atoms with Crippen LogP contribution in [0.4, 0.5) is 4.39 Å². The molecular weight excluding hydrogens is 257 g/mol. The third kappa shape index (κ3) is 3.57. The van der Waals surface area contributed by atoms with Gasteiger partial charge in [-0.25, -0.2) is 4.39 Å². The molecule has 1 heterocycles. The van der Waals surface area contributed by atoms with Gasteiger partial charge in [0.2, 0.25) is 0 Å². The molecule has 1 atom stereocenters. The van der Waals surface area contributed by atoms with E-state index in [-0.39, 0.29) is 17.5 Å². The molecule has 0 aromatic heterocycles. The number of halogens is 1. The van der Waals surface area contributed by atoms with E-state index >= 15 is 0 Å².